The lowest BCUT2D eigenvalue weighted by molar-refractivity contribution is 0.0716. The Hall–Kier alpha value is -1.06. The highest BCUT2D eigenvalue weighted by atomic mass is 16.5. The van der Waals surface area contributed by atoms with Crippen LogP contribution in [0.2, 0.25) is 0 Å². The van der Waals surface area contributed by atoms with Gasteiger partial charge in [-0.15, -0.1) is 0 Å². The van der Waals surface area contributed by atoms with Gasteiger partial charge in [-0.05, 0) is 43.9 Å². The minimum atomic E-state index is 0.911. The van der Waals surface area contributed by atoms with E-state index in [-0.39, 0.29) is 0 Å². The summed E-state index contributed by atoms with van der Waals surface area (Å²) in [5.41, 5.74) is 1.37. The molecule has 1 aromatic rings. The summed E-state index contributed by atoms with van der Waals surface area (Å²) >= 11 is 0. The van der Waals surface area contributed by atoms with E-state index in [4.69, 9.17) is 4.74 Å². The second kappa shape index (κ2) is 28.9. The van der Waals surface area contributed by atoms with Crippen molar-refractivity contribution in [1.82, 2.24) is 4.90 Å². The van der Waals surface area contributed by atoms with E-state index in [0.717, 1.165) is 19.1 Å². The molecule has 0 aliphatic carbocycles. The molecule has 0 spiro atoms. The first-order valence-corrected chi connectivity index (χ1v) is 13.4. The van der Waals surface area contributed by atoms with Crippen LogP contribution in [0.4, 0.5) is 5.69 Å². The second-order valence-electron chi connectivity index (χ2n) is 6.81. The fourth-order valence-corrected chi connectivity index (χ4v) is 3.07. The first kappa shape index (κ1) is 34.6. The number of hydrogen-bond donors (Lipinski definition) is 0. The van der Waals surface area contributed by atoms with Crippen LogP contribution in [0.5, 0.6) is 0 Å². The van der Waals surface area contributed by atoms with Crippen molar-refractivity contribution in [3.05, 3.63) is 30.3 Å². The number of rotatable bonds is 4. The zero-order chi connectivity index (χ0) is 24.3. The van der Waals surface area contributed by atoms with Crippen molar-refractivity contribution in [3.8, 4) is 0 Å². The lowest BCUT2D eigenvalue weighted by atomic mass is 10.0. The summed E-state index contributed by atoms with van der Waals surface area (Å²) in [7, 11) is 0. The number of para-hydroxylation sites is 1. The van der Waals surface area contributed by atoms with Gasteiger partial charge >= 0.3 is 0 Å². The predicted octanol–water partition coefficient (Wildman–Crippen LogP) is 8.15. The Kier molecular flexibility index (Phi) is 32.3. The smallest absolute Gasteiger partial charge is 0.0468 e. The van der Waals surface area contributed by atoms with E-state index in [9.17, 15) is 0 Å². The van der Waals surface area contributed by atoms with Crippen molar-refractivity contribution in [2.75, 3.05) is 50.8 Å². The second-order valence-corrected chi connectivity index (χ2v) is 6.81. The highest BCUT2D eigenvalue weighted by molar-refractivity contribution is 5.46. The van der Waals surface area contributed by atoms with Gasteiger partial charge in [0.1, 0.15) is 0 Å². The third-order valence-corrected chi connectivity index (χ3v) is 4.83. The molecule has 3 heteroatoms. The number of ether oxygens (including phenoxy) is 1. The van der Waals surface area contributed by atoms with Gasteiger partial charge in [-0.1, -0.05) is 93.9 Å². The molecule has 2 aliphatic rings. The average molecular weight is 439 g/mol. The zero-order valence-electron chi connectivity index (χ0n) is 23.0. The van der Waals surface area contributed by atoms with Crippen LogP contribution in [0.15, 0.2) is 30.3 Å². The van der Waals surface area contributed by atoms with E-state index < -0.39 is 0 Å². The highest BCUT2D eigenvalue weighted by Crippen LogP contribution is 2.15. The summed E-state index contributed by atoms with van der Waals surface area (Å²) in [6.07, 6.45) is 5.17. The Balaban J connectivity index is -0.000000438. The summed E-state index contributed by atoms with van der Waals surface area (Å²) in [6, 6.07) is 10.8. The molecule has 2 heterocycles. The maximum atomic E-state index is 5.14. The lowest BCUT2D eigenvalue weighted by Gasteiger charge is -2.36. The SMILES string of the molecule is CC.CC.CC.CC.CC1CCOCC1.CCCCN1CCN(c2ccccc2)CC1. The number of benzene rings is 1. The van der Waals surface area contributed by atoms with Crippen molar-refractivity contribution in [3.63, 3.8) is 0 Å². The number of piperazine rings is 1. The molecular formula is C28H58N2O. The molecule has 1 aromatic carbocycles. The number of unbranched alkanes of at least 4 members (excludes halogenated alkanes) is 1. The van der Waals surface area contributed by atoms with Gasteiger partial charge < -0.3 is 9.64 Å². The summed E-state index contributed by atoms with van der Waals surface area (Å²) in [5.74, 6) is 0.911. The molecule has 3 nitrogen and oxygen atoms in total. The zero-order valence-corrected chi connectivity index (χ0v) is 23.0. The van der Waals surface area contributed by atoms with Crippen LogP contribution >= 0.6 is 0 Å². The minimum absolute atomic E-state index is 0.911. The van der Waals surface area contributed by atoms with Gasteiger partial charge in [0.2, 0.25) is 0 Å². The maximum Gasteiger partial charge on any atom is 0.0468 e. The third-order valence-electron chi connectivity index (χ3n) is 4.83. The predicted molar refractivity (Wildman–Crippen MR) is 145 cm³/mol. The number of anilines is 1. The Morgan fingerprint density at radius 2 is 1.26 bits per heavy atom. The molecule has 0 radical (unpaired) electrons. The van der Waals surface area contributed by atoms with Gasteiger partial charge in [-0.3, -0.25) is 4.90 Å². The minimum Gasteiger partial charge on any atom is -0.381 e. The normalized spacial score (nSPS) is 15.6. The van der Waals surface area contributed by atoms with Crippen LogP contribution in [0.1, 0.15) is 94.9 Å². The van der Waals surface area contributed by atoms with E-state index in [1.807, 2.05) is 55.4 Å². The van der Waals surface area contributed by atoms with Crippen LogP contribution in [-0.2, 0) is 4.74 Å². The average Bonchev–Trinajstić information content (AvgIpc) is 2.89. The van der Waals surface area contributed by atoms with Crippen molar-refractivity contribution in [2.45, 2.75) is 94.9 Å². The monoisotopic (exact) mass is 438 g/mol. The third kappa shape index (κ3) is 19.4. The molecule has 0 N–H and O–H groups in total. The van der Waals surface area contributed by atoms with Gasteiger partial charge in [0.05, 0.1) is 0 Å². The van der Waals surface area contributed by atoms with E-state index in [2.05, 4.69) is 54.0 Å². The molecule has 0 unspecified atom stereocenters. The van der Waals surface area contributed by atoms with Crippen molar-refractivity contribution in [2.24, 2.45) is 5.92 Å². The van der Waals surface area contributed by atoms with E-state index in [1.165, 1.54) is 64.1 Å². The fraction of sp³-hybridized carbons (Fsp3) is 0.786. The Morgan fingerprint density at radius 3 is 1.65 bits per heavy atom. The van der Waals surface area contributed by atoms with E-state index >= 15 is 0 Å². The number of nitrogens with zero attached hydrogens (tertiary/aromatic N) is 2. The topological polar surface area (TPSA) is 15.7 Å². The summed E-state index contributed by atoms with van der Waals surface area (Å²) in [5, 5.41) is 0. The first-order valence-electron chi connectivity index (χ1n) is 13.4. The molecule has 31 heavy (non-hydrogen) atoms. The van der Waals surface area contributed by atoms with E-state index in [1.54, 1.807) is 0 Å². The molecule has 2 fully saturated rings. The highest BCUT2D eigenvalue weighted by Gasteiger charge is 2.15. The molecule has 0 atom stereocenters. The van der Waals surface area contributed by atoms with Crippen molar-refractivity contribution < 1.29 is 4.74 Å². The fourth-order valence-electron chi connectivity index (χ4n) is 3.07. The molecule has 0 amide bonds. The Labute approximate surface area is 197 Å². The van der Waals surface area contributed by atoms with E-state index in [0.29, 0.717) is 0 Å². The largest absolute Gasteiger partial charge is 0.381 e. The molecule has 2 aliphatic heterocycles. The summed E-state index contributed by atoms with van der Waals surface area (Å²) < 4.78 is 5.14. The Morgan fingerprint density at radius 1 is 0.774 bits per heavy atom. The molecule has 0 bridgehead atoms. The molecular weight excluding hydrogens is 380 g/mol. The standard InChI is InChI=1S/C14H22N2.C6H12O.4C2H6/c1-2-3-9-15-10-12-16(13-11-15)14-7-5-4-6-8-14;1-6-2-4-7-5-3-6;4*1-2/h4-8H,2-3,9-13H2,1H3;6H,2-5H2,1H3;4*1-2H3. The first-order chi connectivity index (χ1) is 15.3. The van der Waals surface area contributed by atoms with Crippen LogP contribution < -0.4 is 4.90 Å². The van der Waals surface area contributed by atoms with Gasteiger partial charge in [0, 0.05) is 45.1 Å². The van der Waals surface area contributed by atoms with Crippen molar-refractivity contribution in [1.29, 1.82) is 0 Å². The van der Waals surface area contributed by atoms with Gasteiger partial charge in [0.15, 0.2) is 0 Å². The summed E-state index contributed by atoms with van der Waals surface area (Å²) in [6.45, 7) is 28.6. The molecule has 2 saturated heterocycles. The Bertz CT molecular complexity index is 397. The van der Waals surface area contributed by atoms with Gasteiger partial charge in [0.25, 0.3) is 0 Å². The lowest BCUT2D eigenvalue weighted by Crippen LogP contribution is -2.46. The van der Waals surface area contributed by atoms with Crippen LogP contribution in [-0.4, -0.2) is 50.8 Å². The maximum absolute atomic E-state index is 5.14. The molecule has 3 rings (SSSR count). The van der Waals surface area contributed by atoms with Gasteiger partial charge in [-0.25, -0.2) is 0 Å². The summed E-state index contributed by atoms with van der Waals surface area (Å²) in [4.78, 5) is 5.07. The molecule has 0 aromatic heterocycles. The van der Waals surface area contributed by atoms with Crippen molar-refractivity contribution >= 4 is 5.69 Å². The number of hydrogen-bond acceptors (Lipinski definition) is 3. The van der Waals surface area contributed by atoms with Crippen LogP contribution in [0, 0.1) is 5.92 Å². The van der Waals surface area contributed by atoms with Crippen LogP contribution in [0.3, 0.4) is 0 Å². The van der Waals surface area contributed by atoms with Crippen LogP contribution in [0.25, 0.3) is 0 Å². The molecule has 186 valence electrons. The van der Waals surface area contributed by atoms with Gasteiger partial charge in [-0.2, -0.15) is 0 Å². The quantitative estimate of drug-likeness (QED) is 0.471. The molecule has 0 saturated carbocycles.